The van der Waals surface area contributed by atoms with Gasteiger partial charge >= 0.3 is 0 Å². The van der Waals surface area contributed by atoms with Gasteiger partial charge in [-0.1, -0.05) is 18.2 Å². The Morgan fingerprint density at radius 1 is 1.40 bits per heavy atom. The minimum atomic E-state index is 0.0383. The highest BCUT2D eigenvalue weighted by molar-refractivity contribution is 5.82. The molecule has 0 spiro atoms. The van der Waals surface area contributed by atoms with Crippen LogP contribution < -0.4 is 15.4 Å². The van der Waals surface area contributed by atoms with Gasteiger partial charge in [0.15, 0.2) is 0 Å². The first kappa shape index (κ1) is 13.4. The van der Waals surface area contributed by atoms with Crippen LogP contribution in [0.5, 0.6) is 5.75 Å². The van der Waals surface area contributed by atoms with E-state index >= 15 is 0 Å². The molecule has 2 N–H and O–H groups in total. The SMILES string of the molecule is Cc1ccccc1OCC(C)NC(=O)C1C2CNCC21. The smallest absolute Gasteiger partial charge is 0.224 e. The molecule has 1 aromatic carbocycles. The summed E-state index contributed by atoms with van der Waals surface area (Å²) in [6.45, 7) is 6.52. The van der Waals surface area contributed by atoms with Crippen molar-refractivity contribution >= 4 is 5.91 Å². The Balaban J connectivity index is 1.45. The van der Waals surface area contributed by atoms with Gasteiger partial charge in [-0.05, 0) is 50.4 Å². The normalized spacial score (nSPS) is 28.6. The summed E-state index contributed by atoms with van der Waals surface area (Å²) in [7, 11) is 0. The fourth-order valence-electron chi connectivity index (χ4n) is 3.12. The molecular weight excluding hydrogens is 252 g/mol. The Labute approximate surface area is 119 Å². The molecule has 1 saturated heterocycles. The van der Waals surface area contributed by atoms with E-state index in [1.807, 2.05) is 38.1 Å². The number of carbonyl (C=O) groups excluding carboxylic acids is 1. The van der Waals surface area contributed by atoms with Gasteiger partial charge in [0.2, 0.25) is 5.91 Å². The van der Waals surface area contributed by atoms with Gasteiger partial charge in [-0.15, -0.1) is 0 Å². The largest absolute Gasteiger partial charge is 0.491 e. The molecule has 3 rings (SSSR count). The number of fused-ring (bicyclic) bond motifs is 1. The molecule has 2 fully saturated rings. The van der Waals surface area contributed by atoms with Gasteiger partial charge < -0.3 is 15.4 Å². The van der Waals surface area contributed by atoms with Crippen LogP contribution in [0.25, 0.3) is 0 Å². The second-order valence-electron chi connectivity index (χ2n) is 6.00. The third-order valence-corrected chi connectivity index (χ3v) is 4.37. The number of nitrogens with one attached hydrogen (secondary N) is 2. The van der Waals surface area contributed by atoms with Crippen LogP contribution >= 0.6 is 0 Å². The third-order valence-electron chi connectivity index (χ3n) is 4.37. The summed E-state index contributed by atoms with van der Waals surface area (Å²) in [5.41, 5.74) is 1.12. The van der Waals surface area contributed by atoms with Gasteiger partial charge in [-0.3, -0.25) is 4.79 Å². The van der Waals surface area contributed by atoms with Crippen molar-refractivity contribution in [3.63, 3.8) is 0 Å². The average molecular weight is 274 g/mol. The summed E-state index contributed by atoms with van der Waals surface area (Å²) in [6, 6.07) is 7.98. The molecule has 3 unspecified atom stereocenters. The Bertz CT molecular complexity index is 493. The fourth-order valence-corrected chi connectivity index (χ4v) is 3.12. The van der Waals surface area contributed by atoms with Crippen LogP contribution in [0.4, 0.5) is 0 Å². The number of benzene rings is 1. The number of hydrogen-bond acceptors (Lipinski definition) is 3. The van der Waals surface area contributed by atoms with Gasteiger partial charge in [-0.2, -0.15) is 0 Å². The van der Waals surface area contributed by atoms with Crippen LogP contribution in [-0.2, 0) is 4.79 Å². The summed E-state index contributed by atoms with van der Waals surface area (Å²) >= 11 is 0. The fraction of sp³-hybridized carbons (Fsp3) is 0.562. The summed E-state index contributed by atoms with van der Waals surface area (Å²) < 4.78 is 5.77. The monoisotopic (exact) mass is 274 g/mol. The second kappa shape index (κ2) is 5.44. The van der Waals surface area contributed by atoms with Gasteiger partial charge in [0, 0.05) is 5.92 Å². The molecule has 1 aromatic rings. The summed E-state index contributed by atoms with van der Waals surface area (Å²) in [6.07, 6.45) is 0. The zero-order valence-corrected chi connectivity index (χ0v) is 12.1. The number of piperidine rings is 1. The van der Waals surface area contributed by atoms with Crippen molar-refractivity contribution in [3.8, 4) is 5.75 Å². The first-order valence-electron chi connectivity index (χ1n) is 7.36. The number of aryl methyl sites for hydroxylation is 1. The van der Waals surface area contributed by atoms with E-state index in [0.717, 1.165) is 24.4 Å². The lowest BCUT2D eigenvalue weighted by Gasteiger charge is -2.16. The minimum absolute atomic E-state index is 0.0383. The number of para-hydroxylation sites is 1. The molecule has 1 amide bonds. The Morgan fingerprint density at radius 2 is 2.10 bits per heavy atom. The van der Waals surface area contributed by atoms with E-state index in [4.69, 9.17) is 4.74 Å². The molecule has 1 aliphatic carbocycles. The molecule has 0 bridgehead atoms. The van der Waals surface area contributed by atoms with Crippen molar-refractivity contribution in [2.75, 3.05) is 19.7 Å². The highest BCUT2D eigenvalue weighted by Crippen LogP contribution is 2.48. The van der Waals surface area contributed by atoms with Crippen LogP contribution in [0.3, 0.4) is 0 Å². The van der Waals surface area contributed by atoms with E-state index in [2.05, 4.69) is 10.6 Å². The molecule has 108 valence electrons. The Kier molecular flexibility index (Phi) is 3.66. The first-order valence-corrected chi connectivity index (χ1v) is 7.36. The van der Waals surface area contributed by atoms with E-state index in [1.165, 1.54) is 0 Å². The molecule has 0 aromatic heterocycles. The summed E-state index contributed by atoms with van der Waals surface area (Å²) in [5, 5.41) is 6.38. The third kappa shape index (κ3) is 2.66. The number of amides is 1. The maximum atomic E-state index is 12.1. The molecule has 1 heterocycles. The van der Waals surface area contributed by atoms with E-state index in [-0.39, 0.29) is 17.9 Å². The number of carbonyl (C=O) groups is 1. The highest BCUT2D eigenvalue weighted by atomic mass is 16.5. The molecule has 0 radical (unpaired) electrons. The van der Waals surface area contributed by atoms with Crippen LogP contribution in [0, 0.1) is 24.7 Å². The molecular formula is C16H22N2O2. The highest BCUT2D eigenvalue weighted by Gasteiger charge is 2.56. The molecule has 20 heavy (non-hydrogen) atoms. The van der Waals surface area contributed by atoms with Crippen molar-refractivity contribution in [2.45, 2.75) is 19.9 Å². The van der Waals surface area contributed by atoms with Crippen molar-refractivity contribution in [2.24, 2.45) is 17.8 Å². The summed E-state index contributed by atoms with van der Waals surface area (Å²) in [5.74, 6) is 2.46. The lowest BCUT2D eigenvalue weighted by Crippen LogP contribution is -2.39. The average Bonchev–Trinajstić information content (AvgIpc) is 2.92. The lowest BCUT2D eigenvalue weighted by molar-refractivity contribution is -0.123. The zero-order valence-electron chi connectivity index (χ0n) is 12.1. The topological polar surface area (TPSA) is 50.4 Å². The van der Waals surface area contributed by atoms with Crippen LogP contribution in [0.15, 0.2) is 24.3 Å². The Hall–Kier alpha value is -1.55. The van der Waals surface area contributed by atoms with Gasteiger partial charge in [0.25, 0.3) is 0 Å². The van der Waals surface area contributed by atoms with Crippen molar-refractivity contribution in [1.29, 1.82) is 0 Å². The van der Waals surface area contributed by atoms with E-state index < -0.39 is 0 Å². The molecule has 1 saturated carbocycles. The quantitative estimate of drug-likeness (QED) is 0.852. The van der Waals surface area contributed by atoms with E-state index in [1.54, 1.807) is 0 Å². The number of rotatable bonds is 5. The van der Waals surface area contributed by atoms with E-state index in [0.29, 0.717) is 18.4 Å². The van der Waals surface area contributed by atoms with Crippen molar-refractivity contribution in [3.05, 3.63) is 29.8 Å². The van der Waals surface area contributed by atoms with E-state index in [9.17, 15) is 4.79 Å². The predicted molar refractivity (Wildman–Crippen MR) is 77.6 cm³/mol. The van der Waals surface area contributed by atoms with Gasteiger partial charge in [-0.25, -0.2) is 0 Å². The van der Waals surface area contributed by atoms with Crippen LogP contribution in [0.2, 0.25) is 0 Å². The maximum absolute atomic E-state index is 12.1. The lowest BCUT2D eigenvalue weighted by atomic mass is 10.2. The molecule has 4 nitrogen and oxygen atoms in total. The second-order valence-corrected chi connectivity index (χ2v) is 6.00. The van der Waals surface area contributed by atoms with Crippen molar-refractivity contribution in [1.82, 2.24) is 10.6 Å². The first-order chi connectivity index (χ1) is 9.66. The van der Waals surface area contributed by atoms with Crippen molar-refractivity contribution < 1.29 is 9.53 Å². The molecule has 1 aliphatic heterocycles. The molecule has 2 aliphatic rings. The van der Waals surface area contributed by atoms with Gasteiger partial charge in [0.1, 0.15) is 12.4 Å². The maximum Gasteiger partial charge on any atom is 0.224 e. The predicted octanol–water partition coefficient (Wildman–Crippen LogP) is 1.34. The minimum Gasteiger partial charge on any atom is -0.491 e. The Morgan fingerprint density at radius 3 is 2.80 bits per heavy atom. The summed E-state index contributed by atoms with van der Waals surface area (Å²) in [4.78, 5) is 12.1. The molecule has 4 heteroatoms. The zero-order chi connectivity index (χ0) is 14.1. The number of ether oxygens (including phenoxy) is 1. The van der Waals surface area contributed by atoms with Crippen LogP contribution in [-0.4, -0.2) is 31.6 Å². The van der Waals surface area contributed by atoms with Gasteiger partial charge in [0.05, 0.1) is 6.04 Å². The number of hydrogen-bond donors (Lipinski definition) is 2. The van der Waals surface area contributed by atoms with Crippen LogP contribution in [0.1, 0.15) is 12.5 Å². The molecule has 3 atom stereocenters. The standard InChI is InChI=1S/C16H22N2O2/c1-10-5-3-4-6-14(10)20-9-11(2)18-16(19)15-12-7-17-8-13(12)15/h3-6,11-13,15,17H,7-9H2,1-2H3,(H,18,19).